The van der Waals surface area contributed by atoms with Gasteiger partial charge in [-0.15, -0.1) is 0 Å². The van der Waals surface area contributed by atoms with E-state index in [1.165, 1.54) is 16.7 Å². The SMILES string of the molecule is NCC(c1ccc(Br)c(Cl)c1)N1CCc2ccccc2C1. The molecule has 1 aliphatic heterocycles. The van der Waals surface area contributed by atoms with Gasteiger partial charge >= 0.3 is 0 Å². The number of rotatable bonds is 3. The van der Waals surface area contributed by atoms with Gasteiger partial charge in [-0.05, 0) is 51.2 Å². The molecule has 0 spiro atoms. The van der Waals surface area contributed by atoms with E-state index in [2.05, 4.69) is 51.2 Å². The Morgan fingerprint density at radius 1 is 1.19 bits per heavy atom. The predicted molar refractivity (Wildman–Crippen MR) is 91.5 cm³/mol. The van der Waals surface area contributed by atoms with Crippen LogP contribution in [0.5, 0.6) is 0 Å². The third kappa shape index (κ3) is 3.16. The first-order valence-electron chi connectivity index (χ1n) is 7.15. The van der Waals surface area contributed by atoms with Crippen molar-refractivity contribution in [3.05, 3.63) is 68.7 Å². The third-order valence-electron chi connectivity index (χ3n) is 4.15. The number of nitrogens with zero attached hydrogens (tertiary/aromatic N) is 1. The second-order valence-electron chi connectivity index (χ2n) is 5.41. The van der Waals surface area contributed by atoms with E-state index in [0.717, 1.165) is 29.0 Å². The van der Waals surface area contributed by atoms with Crippen LogP contribution in [0.3, 0.4) is 0 Å². The van der Waals surface area contributed by atoms with E-state index in [-0.39, 0.29) is 6.04 Å². The molecule has 1 aliphatic rings. The summed E-state index contributed by atoms with van der Waals surface area (Å²) in [4.78, 5) is 2.45. The van der Waals surface area contributed by atoms with Gasteiger partial charge in [-0.25, -0.2) is 0 Å². The quantitative estimate of drug-likeness (QED) is 0.885. The van der Waals surface area contributed by atoms with Crippen LogP contribution >= 0.6 is 27.5 Å². The minimum atomic E-state index is 0.212. The Bertz CT molecular complexity index is 644. The number of benzene rings is 2. The summed E-state index contributed by atoms with van der Waals surface area (Å²) in [5.74, 6) is 0. The maximum absolute atomic E-state index is 6.23. The Kier molecular flexibility index (Phi) is 4.65. The van der Waals surface area contributed by atoms with Crippen molar-refractivity contribution in [1.29, 1.82) is 0 Å². The first-order valence-corrected chi connectivity index (χ1v) is 8.32. The number of fused-ring (bicyclic) bond motifs is 1. The zero-order chi connectivity index (χ0) is 14.8. The molecule has 4 heteroatoms. The van der Waals surface area contributed by atoms with Crippen molar-refractivity contribution in [3.8, 4) is 0 Å². The lowest BCUT2D eigenvalue weighted by Gasteiger charge is -2.35. The van der Waals surface area contributed by atoms with Crippen molar-refractivity contribution >= 4 is 27.5 Å². The van der Waals surface area contributed by atoms with Gasteiger partial charge in [0.05, 0.1) is 5.02 Å². The lowest BCUT2D eigenvalue weighted by molar-refractivity contribution is 0.183. The fraction of sp³-hybridized carbons (Fsp3) is 0.294. The normalized spacial score (nSPS) is 16.5. The van der Waals surface area contributed by atoms with Gasteiger partial charge in [0.2, 0.25) is 0 Å². The smallest absolute Gasteiger partial charge is 0.0551 e. The molecule has 0 bridgehead atoms. The monoisotopic (exact) mass is 364 g/mol. The predicted octanol–water partition coefficient (Wildman–Crippen LogP) is 4.16. The Balaban J connectivity index is 1.86. The van der Waals surface area contributed by atoms with Gasteiger partial charge in [-0.3, -0.25) is 4.90 Å². The number of nitrogens with two attached hydrogens (primary N) is 1. The molecule has 2 nitrogen and oxygen atoms in total. The van der Waals surface area contributed by atoms with Gasteiger partial charge < -0.3 is 5.73 Å². The lowest BCUT2D eigenvalue weighted by Crippen LogP contribution is -2.37. The van der Waals surface area contributed by atoms with Gasteiger partial charge in [-0.1, -0.05) is 41.9 Å². The van der Waals surface area contributed by atoms with Crippen molar-refractivity contribution in [2.45, 2.75) is 19.0 Å². The van der Waals surface area contributed by atoms with E-state index in [4.69, 9.17) is 17.3 Å². The largest absolute Gasteiger partial charge is 0.329 e. The molecular weight excluding hydrogens is 348 g/mol. The molecule has 2 N–H and O–H groups in total. The van der Waals surface area contributed by atoms with Crippen LogP contribution in [0.4, 0.5) is 0 Å². The standard InChI is InChI=1S/C17H18BrClN2/c18-15-6-5-13(9-16(15)19)17(10-20)21-8-7-12-3-1-2-4-14(12)11-21/h1-6,9,17H,7-8,10-11,20H2. The van der Waals surface area contributed by atoms with Crippen LogP contribution < -0.4 is 5.73 Å². The molecule has 0 radical (unpaired) electrons. The van der Waals surface area contributed by atoms with Crippen LogP contribution in [-0.4, -0.2) is 18.0 Å². The Labute approximate surface area is 139 Å². The summed E-state index contributed by atoms with van der Waals surface area (Å²) in [7, 11) is 0. The van der Waals surface area contributed by atoms with Crippen molar-refractivity contribution in [3.63, 3.8) is 0 Å². The maximum atomic E-state index is 6.23. The molecule has 0 aliphatic carbocycles. The first-order chi connectivity index (χ1) is 10.2. The molecule has 1 heterocycles. The van der Waals surface area contributed by atoms with Gasteiger partial charge in [0, 0.05) is 30.1 Å². The van der Waals surface area contributed by atoms with Crippen molar-refractivity contribution < 1.29 is 0 Å². The number of hydrogen-bond acceptors (Lipinski definition) is 2. The highest BCUT2D eigenvalue weighted by molar-refractivity contribution is 9.10. The summed E-state index contributed by atoms with van der Waals surface area (Å²) in [6, 6.07) is 15.0. The third-order valence-corrected chi connectivity index (χ3v) is 5.39. The highest BCUT2D eigenvalue weighted by atomic mass is 79.9. The van der Waals surface area contributed by atoms with Gasteiger partial charge in [0.25, 0.3) is 0 Å². The first kappa shape index (κ1) is 15.0. The highest BCUT2D eigenvalue weighted by Gasteiger charge is 2.24. The molecule has 3 rings (SSSR count). The molecule has 21 heavy (non-hydrogen) atoms. The van der Waals surface area contributed by atoms with Gasteiger partial charge in [0.15, 0.2) is 0 Å². The molecule has 1 atom stereocenters. The van der Waals surface area contributed by atoms with Gasteiger partial charge in [-0.2, -0.15) is 0 Å². The fourth-order valence-electron chi connectivity index (χ4n) is 3.00. The van der Waals surface area contributed by atoms with Crippen LogP contribution in [0, 0.1) is 0 Å². The molecule has 110 valence electrons. The number of hydrogen-bond donors (Lipinski definition) is 1. The van der Waals surface area contributed by atoms with Crippen molar-refractivity contribution in [1.82, 2.24) is 4.90 Å². The molecule has 2 aromatic carbocycles. The van der Waals surface area contributed by atoms with E-state index < -0.39 is 0 Å². The molecule has 0 amide bonds. The average Bonchev–Trinajstić information content (AvgIpc) is 2.51. The summed E-state index contributed by atoms with van der Waals surface area (Å²) in [6.07, 6.45) is 1.08. The van der Waals surface area contributed by atoms with E-state index in [1.54, 1.807) is 0 Å². The Morgan fingerprint density at radius 2 is 1.95 bits per heavy atom. The van der Waals surface area contributed by atoms with Crippen LogP contribution in [0.15, 0.2) is 46.9 Å². The molecular formula is C17H18BrClN2. The molecule has 0 saturated carbocycles. The molecule has 1 unspecified atom stereocenters. The number of halogens is 2. The second kappa shape index (κ2) is 6.49. The minimum absolute atomic E-state index is 0.212. The van der Waals surface area contributed by atoms with E-state index >= 15 is 0 Å². The molecule has 0 fully saturated rings. The van der Waals surface area contributed by atoms with Crippen LogP contribution in [-0.2, 0) is 13.0 Å². The summed E-state index contributed by atoms with van der Waals surface area (Å²) in [6.45, 7) is 2.58. The van der Waals surface area contributed by atoms with E-state index in [0.29, 0.717) is 6.54 Å². The van der Waals surface area contributed by atoms with Crippen molar-refractivity contribution in [2.75, 3.05) is 13.1 Å². The van der Waals surface area contributed by atoms with Crippen LogP contribution in [0.1, 0.15) is 22.7 Å². The molecule has 0 saturated heterocycles. The minimum Gasteiger partial charge on any atom is -0.329 e. The fourth-order valence-corrected chi connectivity index (χ4v) is 3.43. The maximum Gasteiger partial charge on any atom is 0.0551 e. The average molecular weight is 366 g/mol. The lowest BCUT2D eigenvalue weighted by atomic mass is 9.96. The summed E-state index contributed by atoms with van der Waals surface area (Å²) in [5.41, 5.74) is 10.1. The second-order valence-corrected chi connectivity index (χ2v) is 6.68. The zero-order valence-corrected chi connectivity index (χ0v) is 14.1. The highest BCUT2D eigenvalue weighted by Crippen LogP contribution is 2.31. The van der Waals surface area contributed by atoms with E-state index in [9.17, 15) is 0 Å². The Hall–Kier alpha value is -0.870. The van der Waals surface area contributed by atoms with E-state index in [1.807, 2.05) is 12.1 Å². The van der Waals surface area contributed by atoms with Crippen LogP contribution in [0.2, 0.25) is 5.02 Å². The summed E-state index contributed by atoms with van der Waals surface area (Å²) in [5, 5.41) is 0.739. The molecule has 2 aromatic rings. The Morgan fingerprint density at radius 3 is 2.67 bits per heavy atom. The summed E-state index contributed by atoms with van der Waals surface area (Å²) < 4.78 is 0.924. The summed E-state index contributed by atoms with van der Waals surface area (Å²) >= 11 is 9.67. The molecule has 0 aromatic heterocycles. The topological polar surface area (TPSA) is 29.3 Å². The zero-order valence-electron chi connectivity index (χ0n) is 11.7. The van der Waals surface area contributed by atoms with Crippen molar-refractivity contribution in [2.24, 2.45) is 5.73 Å². The van der Waals surface area contributed by atoms with Crippen LogP contribution in [0.25, 0.3) is 0 Å². The van der Waals surface area contributed by atoms with Gasteiger partial charge in [0.1, 0.15) is 0 Å².